The van der Waals surface area contributed by atoms with E-state index in [1.54, 1.807) is 19.6 Å². The predicted molar refractivity (Wildman–Crippen MR) is 312 cm³/mol. The number of rotatable bonds is 48. The van der Waals surface area contributed by atoms with Crippen LogP contribution in [0.3, 0.4) is 0 Å². The van der Waals surface area contributed by atoms with Crippen molar-refractivity contribution < 1.29 is 68.4 Å². The summed E-state index contributed by atoms with van der Waals surface area (Å²) in [6.07, 6.45) is 4.78. The van der Waals surface area contributed by atoms with Gasteiger partial charge in [-0.3, -0.25) is 72.4 Å². The molecule has 6 amide bonds. The zero-order valence-corrected chi connectivity index (χ0v) is 49.1. The van der Waals surface area contributed by atoms with Crippen LogP contribution in [0, 0.1) is 0 Å². The molecule has 84 heavy (non-hydrogen) atoms. The van der Waals surface area contributed by atoms with Crippen molar-refractivity contribution in [3.8, 4) is 0 Å². The number of imide groups is 1. The van der Waals surface area contributed by atoms with Gasteiger partial charge in [-0.2, -0.15) is 0 Å². The molecule has 2 aliphatic heterocycles. The lowest BCUT2D eigenvalue weighted by molar-refractivity contribution is -0.146. The zero-order valence-electron chi connectivity index (χ0n) is 49.1. The fourth-order valence-electron chi connectivity index (χ4n) is 9.29. The Morgan fingerprint density at radius 1 is 0.452 bits per heavy atom. The summed E-state index contributed by atoms with van der Waals surface area (Å²) in [5.74, 6) is -7.42. The predicted octanol–water partition coefficient (Wildman–Crippen LogP) is -6.65. The second-order valence-corrected chi connectivity index (χ2v) is 20.5. The monoisotopic (exact) mass is 1200 g/mol. The number of carbonyl (C=O) groups is 10. The summed E-state index contributed by atoms with van der Waals surface area (Å²) < 4.78 is 0. The van der Waals surface area contributed by atoms with Crippen LogP contribution in [-0.4, -0.2) is 318 Å². The Labute approximate surface area is 493 Å². The molecule has 0 saturated carbocycles. The van der Waals surface area contributed by atoms with Gasteiger partial charge < -0.3 is 84.6 Å². The van der Waals surface area contributed by atoms with E-state index in [2.05, 4.69) is 47.9 Å². The second-order valence-electron chi connectivity index (χ2n) is 20.5. The number of carboxylic acids is 4. The number of unbranched alkanes of at least 4 members (excludes halogenated alkanes) is 3. The lowest BCUT2D eigenvalue weighted by Crippen LogP contribution is -2.53. The molecular weight excluding hydrogens is 1100 g/mol. The maximum absolute atomic E-state index is 14.0. The van der Waals surface area contributed by atoms with Crippen molar-refractivity contribution in [3.63, 3.8) is 0 Å². The molecule has 0 radical (unpaired) electrons. The van der Waals surface area contributed by atoms with Crippen molar-refractivity contribution in [2.24, 2.45) is 11.5 Å². The van der Waals surface area contributed by atoms with Crippen LogP contribution in [0.15, 0.2) is 12.2 Å². The highest BCUT2D eigenvalue weighted by Crippen LogP contribution is 2.15. The van der Waals surface area contributed by atoms with Gasteiger partial charge in [-0.15, -0.1) is 0 Å². The third kappa shape index (κ3) is 35.5. The van der Waals surface area contributed by atoms with Gasteiger partial charge in [-0.05, 0) is 38.5 Å². The molecule has 0 aromatic heterocycles. The number of carboxylic acid groups (broad SMARTS) is 4. The smallest absolute Gasteiger partial charge is 0.320 e. The Morgan fingerprint density at radius 2 is 0.845 bits per heavy atom. The van der Waals surface area contributed by atoms with E-state index < -0.39 is 86.3 Å². The van der Waals surface area contributed by atoms with E-state index in [9.17, 15) is 68.4 Å². The molecule has 1 fully saturated rings. The van der Waals surface area contributed by atoms with Crippen LogP contribution in [0.4, 0.5) is 0 Å². The molecular formula is C53H99N17O14. The van der Waals surface area contributed by atoms with Crippen LogP contribution in [0.25, 0.3) is 0 Å². The maximum Gasteiger partial charge on any atom is 0.320 e. The highest BCUT2D eigenvalue weighted by atomic mass is 16.4. The van der Waals surface area contributed by atoms with Crippen molar-refractivity contribution in [1.29, 1.82) is 0 Å². The Kier molecular flexibility index (Phi) is 41.1. The van der Waals surface area contributed by atoms with Crippen molar-refractivity contribution in [2.45, 2.75) is 69.9 Å². The van der Waals surface area contributed by atoms with Crippen LogP contribution in [0.5, 0.6) is 0 Å². The van der Waals surface area contributed by atoms with Gasteiger partial charge in [-0.1, -0.05) is 6.42 Å². The molecule has 2 atom stereocenters. The Hall–Kier alpha value is -5.84. The summed E-state index contributed by atoms with van der Waals surface area (Å²) in [6.45, 7) is 8.43. The molecule has 0 bridgehead atoms. The fraction of sp³-hybridized carbons (Fsp3) is 0.774. The second kappa shape index (κ2) is 46.4. The van der Waals surface area contributed by atoms with Crippen LogP contribution >= 0.6 is 0 Å². The van der Waals surface area contributed by atoms with E-state index in [-0.39, 0.29) is 109 Å². The third-order valence-electron chi connectivity index (χ3n) is 13.9. The molecule has 0 aromatic rings. The largest absolute Gasteiger partial charge is 0.480 e. The number of carbonyl (C=O) groups excluding carboxylic acids is 6. The summed E-state index contributed by atoms with van der Waals surface area (Å²) in [5, 5.41) is 68.7. The lowest BCUT2D eigenvalue weighted by Gasteiger charge is -2.37. The van der Waals surface area contributed by atoms with Gasteiger partial charge in [0.05, 0.1) is 13.1 Å². The highest BCUT2D eigenvalue weighted by molar-refractivity contribution is 6.12. The number of amides is 6. The molecule has 31 heteroatoms. The van der Waals surface area contributed by atoms with Crippen molar-refractivity contribution in [3.05, 3.63) is 12.2 Å². The Balaban J connectivity index is 2.11. The minimum atomic E-state index is -1.34. The quantitative estimate of drug-likeness (QED) is 0.0199. The highest BCUT2D eigenvalue weighted by Gasteiger charge is 2.32. The molecule has 17 N–H and O–H groups in total. The first-order valence-corrected chi connectivity index (χ1v) is 29.5. The Bertz CT molecular complexity index is 1920. The summed E-state index contributed by atoms with van der Waals surface area (Å²) in [7, 11) is 0. The lowest BCUT2D eigenvalue weighted by atomic mass is 10.1. The van der Waals surface area contributed by atoms with Crippen LogP contribution in [-0.2, 0) is 47.9 Å². The molecule has 0 aromatic carbocycles. The molecule has 2 aliphatic rings. The molecule has 0 spiro atoms. The van der Waals surface area contributed by atoms with Gasteiger partial charge in [0.2, 0.25) is 23.6 Å². The molecule has 1 saturated heterocycles. The molecule has 0 aliphatic carbocycles. The van der Waals surface area contributed by atoms with Gasteiger partial charge in [0.25, 0.3) is 11.8 Å². The fourth-order valence-corrected chi connectivity index (χ4v) is 9.29. The number of nitrogens with one attached hydrogen (secondary N) is 9. The maximum atomic E-state index is 14.0. The van der Waals surface area contributed by atoms with E-state index in [1.807, 2.05) is 0 Å². The van der Waals surface area contributed by atoms with E-state index in [0.29, 0.717) is 91.0 Å². The van der Waals surface area contributed by atoms with Gasteiger partial charge in [-0.25, -0.2) is 0 Å². The normalized spacial score (nSPS) is 15.7. The van der Waals surface area contributed by atoms with Gasteiger partial charge >= 0.3 is 23.9 Å². The third-order valence-corrected chi connectivity index (χ3v) is 13.9. The average molecular weight is 1200 g/mol. The minimum Gasteiger partial charge on any atom is -0.480 e. The van der Waals surface area contributed by atoms with Crippen molar-refractivity contribution >= 4 is 59.3 Å². The van der Waals surface area contributed by atoms with Gasteiger partial charge in [0, 0.05) is 195 Å². The van der Waals surface area contributed by atoms with E-state index >= 15 is 0 Å². The minimum absolute atomic E-state index is 0.00610. The van der Waals surface area contributed by atoms with Crippen LogP contribution in [0.2, 0.25) is 0 Å². The Morgan fingerprint density at radius 3 is 1.25 bits per heavy atom. The molecule has 480 valence electrons. The van der Waals surface area contributed by atoms with E-state index in [0.717, 1.165) is 49.1 Å². The number of hydrogen-bond acceptors (Lipinski definition) is 22. The summed E-state index contributed by atoms with van der Waals surface area (Å²) in [4.78, 5) is 135. The van der Waals surface area contributed by atoms with Crippen molar-refractivity contribution in [1.82, 2.24) is 77.3 Å². The van der Waals surface area contributed by atoms with E-state index in [1.165, 1.54) is 12.2 Å². The SMILES string of the molecule is NCCNCCNCCNCCNC(=O)CN(CC(=O)NCCNCCNCCNCCN)C(=O)CCC(C(=O)O)N1CCN(CC(=O)O)CCN(C(CCCCNC(=O)CCCCCN2C(=O)C=CC2=O)C(=O)O)CCN(CC(=O)O)CC1. The first kappa shape index (κ1) is 74.3. The van der Waals surface area contributed by atoms with E-state index in [4.69, 9.17) is 11.5 Å². The number of nitrogens with two attached hydrogens (primary N) is 2. The van der Waals surface area contributed by atoms with Gasteiger partial charge in [0.15, 0.2) is 0 Å². The summed E-state index contributed by atoms with van der Waals surface area (Å²) >= 11 is 0. The first-order valence-electron chi connectivity index (χ1n) is 29.5. The number of hydrogen-bond donors (Lipinski definition) is 15. The van der Waals surface area contributed by atoms with Gasteiger partial charge in [0.1, 0.15) is 25.2 Å². The topological polar surface area (TPSA) is 431 Å². The zero-order chi connectivity index (χ0) is 61.7. The average Bonchev–Trinajstić information content (AvgIpc) is 3.95. The first-order chi connectivity index (χ1) is 40.4. The van der Waals surface area contributed by atoms with Crippen molar-refractivity contribution in [2.75, 3.05) is 196 Å². The molecule has 2 rings (SSSR count). The van der Waals surface area contributed by atoms with Crippen LogP contribution in [0.1, 0.15) is 57.8 Å². The summed E-state index contributed by atoms with van der Waals surface area (Å²) in [5.41, 5.74) is 11.0. The standard InChI is InChI=1S/C53H99N17O14/c54-12-15-56-17-19-58-21-23-60-25-27-63-45(72)38-69(39-46(73)64-28-26-61-24-22-59-20-18-57-16-13-55)47(74)9-8-43(53(83)84)68-36-32-65(40-50(77)78)30-34-67(35-31-66(33-37-68)41-51(79)80)42(52(81)82)6-3-4-14-62-44(71)7-2-1-5-29-70-48(75)10-11-49(70)76/h10-11,42-43,56-61H,1-9,12-41,54-55H2,(H,62,71)(H,63,72)(H,64,73)(H,77,78)(H,79,80)(H,81,82)(H,83,84). The molecule has 31 nitrogen and oxygen atoms in total. The van der Waals surface area contributed by atoms with Crippen LogP contribution < -0.4 is 59.3 Å². The summed E-state index contributed by atoms with van der Waals surface area (Å²) in [6, 6.07) is -2.38. The molecule has 2 unspecified atom stereocenters. The number of aliphatic carboxylic acids is 4. The molecule has 2 heterocycles. The number of nitrogens with zero attached hydrogens (tertiary/aromatic N) is 6.